The first kappa shape index (κ1) is 21.3. The highest BCUT2D eigenvalue weighted by molar-refractivity contribution is 5.83. The van der Waals surface area contributed by atoms with Crippen LogP contribution >= 0.6 is 0 Å². The van der Waals surface area contributed by atoms with E-state index in [4.69, 9.17) is 17.2 Å². The van der Waals surface area contributed by atoms with Crippen molar-refractivity contribution in [3.05, 3.63) is 59.7 Å². The van der Waals surface area contributed by atoms with Crippen LogP contribution in [0.5, 0.6) is 0 Å². The van der Waals surface area contributed by atoms with Gasteiger partial charge in [-0.2, -0.15) is 0 Å². The first-order valence-electron chi connectivity index (χ1n) is 10.0. The summed E-state index contributed by atoms with van der Waals surface area (Å²) >= 11 is 0. The van der Waals surface area contributed by atoms with E-state index in [1.807, 2.05) is 18.2 Å². The van der Waals surface area contributed by atoms with Crippen molar-refractivity contribution in [2.45, 2.75) is 57.5 Å². The maximum Gasteiger partial charge on any atom is 0.149 e. The van der Waals surface area contributed by atoms with Crippen molar-refractivity contribution in [2.24, 2.45) is 17.2 Å². The third kappa shape index (κ3) is 6.58. The van der Waals surface area contributed by atoms with Gasteiger partial charge in [-0.1, -0.05) is 55.0 Å². The Hall–Kier alpha value is -2.01. The fraction of sp³-hybridized carbons (Fsp3) is 0.435. The average molecular weight is 368 g/mol. The van der Waals surface area contributed by atoms with Gasteiger partial charge < -0.3 is 17.2 Å². The number of benzene rings is 2. The highest BCUT2D eigenvalue weighted by Gasteiger charge is 2.13. The minimum atomic E-state index is -0.336. The van der Waals surface area contributed by atoms with Crippen LogP contribution in [0.15, 0.2) is 48.5 Å². The largest absolute Gasteiger partial charge is 0.330 e. The van der Waals surface area contributed by atoms with Crippen LogP contribution in [0, 0.1) is 0 Å². The number of carbonyl (C=O) groups is 1. The lowest BCUT2D eigenvalue weighted by molar-refractivity contribution is -0.120. The third-order valence-corrected chi connectivity index (χ3v) is 5.06. The fourth-order valence-electron chi connectivity index (χ4n) is 3.47. The van der Waals surface area contributed by atoms with E-state index in [0.29, 0.717) is 19.5 Å². The molecule has 0 bridgehead atoms. The molecule has 0 aliphatic rings. The summed E-state index contributed by atoms with van der Waals surface area (Å²) in [7, 11) is 0. The molecule has 0 saturated heterocycles. The molecule has 2 aromatic rings. The van der Waals surface area contributed by atoms with Crippen molar-refractivity contribution in [1.82, 2.24) is 0 Å². The Balaban J connectivity index is 1.88. The zero-order chi connectivity index (χ0) is 19.5. The summed E-state index contributed by atoms with van der Waals surface area (Å²) in [5, 5.41) is 0. The Morgan fingerprint density at radius 1 is 0.889 bits per heavy atom. The van der Waals surface area contributed by atoms with Crippen molar-refractivity contribution < 1.29 is 4.79 Å². The maximum absolute atomic E-state index is 12.1. The molecular weight excluding hydrogens is 334 g/mol. The number of unbranched alkanes of at least 4 members (excludes halogenated alkanes) is 2. The van der Waals surface area contributed by atoms with Crippen LogP contribution in [-0.4, -0.2) is 18.4 Å². The molecule has 0 aliphatic carbocycles. The zero-order valence-electron chi connectivity index (χ0n) is 16.2. The Morgan fingerprint density at radius 3 is 2.37 bits per heavy atom. The van der Waals surface area contributed by atoms with E-state index in [1.165, 1.54) is 22.3 Å². The van der Waals surface area contributed by atoms with E-state index < -0.39 is 0 Å². The van der Waals surface area contributed by atoms with Crippen molar-refractivity contribution in [1.29, 1.82) is 0 Å². The molecule has 0 radical (unpaired) electrons. The van der Waals surface area contributed by atoms with Crippen molar-refractivity contribution >= 4 is 5.78 Å². The molecule has 0 heterocycles. The highest BCUT2D eigenvalue weighted by atomic mass is 16.1. The fourth-order valence-corrected chi connectivity index (χ4v) is 3.47. The normalized spacial score (nSPS) is 12.1. The molecule has 0 aromatic heterocycles. The summed E-state index contributed by atoms with van der Waals surface area (Å²) in [5.41, 5.74) is 22.4. The quantitative estimate of drug-likeness (QED) is 0.500. The maximum atomic E-state index is 12.1. The van der Waals surface area contributed by atoms with E-state index in [1.54, 1.807) is 0 Å². The summed E-state index contributed by atoms with van der Waals surface area (Å²) in [5.74, 6) is 0.170. The summed E-state index contributed by atoms with van der Waals surface area (Å²) in [4.78, 5) is 12.1. The molecule has 4 heteroatoms. The summed E-state index contributed by atoms with van der Waals surface area (Å²) in [6, 6.07) is 16.4. The summed E-state index contributed by atoms with van der Waals surface area (Å²) in [6.45, 7) is 1.18. The van der Waals surface area contributed by atoms with Crippen LogP contribution < -0.4 is 17.2 Å². The highest BCUT2D eigenvalue weighted by Crippen LogP contribution is 2.27. The first-order chi connectivity index (χ1) is 13.2. The number of nitrogens with two attached hydrogens (primary N) is 3. The molecule has 1 atom stereocenters. The Morgan fingerprint density at radius 2 is 1.67 bits per heavy atom. The number of hydrogen-bond donors (Lipinski definition) is 3. The van der Waals surface area contributed by atoms with Gasteiger partial charge in [0.05, 0.1) is 6.04 Å². The minimum absolute atomic E-state index is 0.170. The van der Waals surface area contributed by atoms with Gasteiger partial charge in [0, 0.05) is 13.0 Å². The number of rotatable bonds is 12. The number of aryl methyl sites for hydroxylation is 1. The molecule has 146 valence electrons. The van der Waals surface area contributed by atoms with Crippen LogP contribution in [0.1, 0.15) is 49.7 Å². The average Bonchev–Trinajstić information content (AvgIpc) is 2.71. The lowest BCUT2D eigenvalue weighted by Crippen LogP contribution is -2.30. The standard InChI is InChI=1S/C23H33N3O/c24-16-7-6-14-22(26)23(27)15-5-4-11-19-12-8-13-20(21(19)17-25)18-9-2-1-3-10-18/h1-3,8-10,12-13,22H,4-7,11,14-17,24-26H2/t22-/m0/s1. The Kier molecular flexibility index (Phi) is 9.19. The van der Waals surface area contributed by atoms with Gasteiger partial charge in [0.25, 0.3) is 0 Å². The van der Waals surface area contributed by atoms with E-state index in [0.717, 1.165) is 38.5 Å². The topological polar surface area (TPSA) is 95.1 Å². The second-order valence-electron chi connectivity index (χ2n) is 7.08. The van der Waals surface area contributed by atoms with Crippen molar-refractivity contribution in [2.75, 3.05) is 6.54 Å². The molecule has 0 amide bonds. The molecule has 27 heavy (non-hydrogen) atoms. The number of hydrogen-bond acceptors (Lipinski definition) is 4. The number of ketones is 1. The summed E-state index contributed by atoms with van der Waals surface area (Å²) < 4.78 is 0. The van der Waals surface area contributed by atoms with Crippen molar-refractivity contribution in [3.8, 4) is 11.1 Å². The molecule has 2 rings (SSSR count). The van der Waals surface area contributed by atoms with Gasteiger partial charge in [0.2, 0.25) is 0 Å². The summed E-state index contributed by atoms with van der Waals surface area (Å²) in [6.07, 6.45) is 5.92. The van der Waals surface area contributed by atoms with Crippen LogP contribution in [0.3, 0.4) is 0 Å². The molecule has 4 nitrogen and oxygen atoms in total. The molecule has 0 fully saturated rings. The predicted molar refractivity (Wildman–Crippen MR) is 113 cm³/mol. The monoisotopic (exact) mass is 367 g/mol. The van der Waals surface area contributed by atoms with Crippen LogP contribution in [0.2, 0.25) is 0 Å². The van der Waals surface area contributed by atoms with Crippen LogP contribution in [0.4, 0.5) is 0 Å². The Bertz CT molecular complexity index is 700. The van der Waals surface area contributed by atoms with Crippen molar-refractivity contribution in [3.63, 3.8) is 0 Å². The molecule has 0 spiro atoms. The minimum Gasteiger partial charge on any atom is -0.330 e. The first-order valence-corrected chi connectivity index (χ1v) is 10.0. The third-order valence-electron chi connectivity index (χ3n) is 5.06. The lowest BCUT2D eigenvalue weighted by atomic mass is 9.92. The number of Topliss-reactive ketones (excluding diaryl/α,β-unsaturated/α-hetero) is 1. The molecule has 6 N–H and O–H groups in total. The molecule has 0 unspecified atom stereocenters. The van der Waals surface area contributed by atoms with Gasteiger partial charge in [-0.3, -0.25) is 4.79 Å². The SMILES string of the molecule is NCCCC[C@H](N)C(=O)CCCCc1cccc(-c2ccccc2)c1CN. The Labute approximate surface area is 163 Å². The smallest absolute Gasteiger partial charge is 0.149 e. The van der Waals surface area contributed by atoms with Gasteiger partial charge in [-0.05, 0) is 60.9 Å². The van der Waals surface area contributed by atoms with Gasteiger partial charge >= 0.3 is 0 Å². The van der Waals surface area contributed by atoms with Gasteiger partial charge in [0.15, 0.2) is 0 Å². The van der Waals surface area contributed by atoms with E-state index in [9.17, 15) is 4.79 Å². The van der Waals surface area contributed by atoms with Crippen LogP contribution in [-0.2, 0) is 17.8 Å². The van der Waals surface area contributed by atoms with E-state index in [2.05, 4.69) is 30.3 Å². The van der Waals surface area contributed by atoms with Gasteiger partial charge in [-0.15, -0.1) is 0 Å². The number of carbonyl (C=O) groups excluding carboxylic acids is 1. The molecule has 0 saturated carbocycles. The van der Waals surface area contributed by atoms with E-state index >= 15 is 0 Å². The molecular formula is C23H33N3O. The second kappa shape index (κ2) is 11.7. The molecule has 2 aromatic carbocycles. The van der Waals surface area contributed by atoms with Gasteiger partial charge in [-0.25, -0.2) is 0 Å². The van der Waals surface area contributed by atoms with Gasteiger partial charge in [0.1, 0.15) is 5.78 Å². The second-order valence-corrected chi connectivity index (χ2v) is 7.08. The van der Waals surface area contributed by atoms with Crippen LogP contribution in [0.25, 0.3) is 11.1 Å². The zero-order valence-corrected chi connectivity index (χ0v) is 16.2. The lowest BCUT2D eigenvalue weighted by Gasteiger charge is -2.14. The molecule has 0 aliphatic heterocycles. The van der Waals surface area contributed by atoms with E-state index in [-0.39, 0.29) is 11.8 Å². The predicted octanol–water partition coefficient (Wildman–Crippen LogP) is 3.55.